The van der Waals surface area contributed by atoms with Gasteiger partial charge in [0.15, 0.2) is 0 Å². The number of nitrogens with one attached hydrogen (secondary N) is 1. The number of methoxy groups -OCH3 is 1. The maximum Gasteiger partial charge on any atom is 0.133 e. The zero-order valence-electron chi connectivity index (χ0n) is 9.33. The molecule has 1 aromatic rings. The summed E-state index contributed by atoms with van der Waals surface area (Å²) in [5.74, 6) is 0.867. The number of morpholine rings is 1. The largest absolute Gasteiger partial charge is 0.496 e. The molecule has 3 nitrogen and oxygen atoms in total. The van der Waals surface area contributed by atoms with Gasteiger partial charge in [0.25, 0.3) is 0 Å². The third kappa shape index (κ3) is 2.97. The van der Waals surface area contributed by atoms with Crippen LogP contribution in [0.25, 0.3) is 0 Å². The average molecular weight is 286 g/mol. The van der Waals surface area contributed by atoms with Gasteiger partial charge in [0.2, 0.25) is 0 Å². The molecule has 1 saturated heterocycles. The molecule has 1 aliphatic rings. The van der Waals surface area contributed by atoms with E-state index in [1.807, 2.05) is 6.07 Å². The van der Waals surface area contributed by atoms with Crippen LogP contribution in [0.1, 0.15) is 5.56 Å². The second kappa shape index (κ2) is 5.66. The molecule has 0 bridgehead atoms. The lowest BCUT2D eigenvalue weighted by molar-refractivity contribution is 0.0292. The molecule has 4 heteroatoms. The van der Waals surface area contributed by atoms with E-state index < -0.39 is 0 Å². The Balaban J connectivity index is 2.01. The van der Waals surface area contributed by atoms with Crippen LogP contribution < -0.4 is 10.1 Å². The molecule has 1 aromatic carbocycles. The van der Waals surface area contributed by atoms with Crippen molar-refractivity contribution in [3.05, 3.63) is 28.2 Å². The SMILES string of the molecule is COc1ccc(CC2CNCCO2)cc1Br. The zero-order chi connectivity index (χ0) is 11.4. The van der Waals surface area contributed by atoms with Crippen molar-refractivity contribution < 1.29 is 9.47 Å². The summed E-state index contributed by atoms with van der Waals surface area (Å²) in [6.45, 7) is 2.70. The van der Waals surface area contributed by atoms with E-state index in [4.69, 9.17) is 9.47 Å². The van der Waals surface area contributed by atoms with Crippen LogP contribution in [0.4, 0.5) is 0 Å². The van der Waals surface area contributed by atoms with Crippen molar-refractivity contribution in [2.75, 3.05) is 26.8 Å². The predicted octanol–water partition coefficient (Wildman–Crippen LogP) is 1.99. The minimum atomic E-state index is 0.286. The molecule has 16 heavy (non-hydrogen) atoms. The molecule has 0 spiro atoms. The van der Waals surface area contributed by atoms with E-state index in [1.54, 1.807) is 7.11 Å². The van der Waals surface area contributed by atoms with Gasteiger partial charge in [-0.25, -0.2) is 0 Å². The molecule has 1 unspecified atom stereocenters. The van der Waals surface area contributed by atoms with Crippen LogP contribution in [-0.4, -0.2) is 32.9 Å². The van der Waals surface area contributed by atoms with Crippen molar-refractivity contribution in [2.45, 2.75) is 12.5 Å². The van der Waals surface area contributed by atoms with Gasteiger partial charge < -0.3 is 14.8 Å². The molecule has 1 N–H and O–H groups in total. The summed E-state index contributed by atoms with van der Waals surface area (Å²) in [7, 11) is 1.67. The first-order valence-electron chi connectivity index (χ1n) is 5.44. The number of halogens is 1. The molecule has 0 radical (unpaired) electrons. The maximum atomic E-state index is 5.67. The number of rotatable bonds is 3. The standard InChI is InChI=1S/C12H16BrNO2/c1-15-12-3-2-9(7-11(12)13)6-10-8-14-4-5-16-10/h2-3,7,10,14H,4-6,8H2,1H3. The van der Waals surface area contributed by atoms with Crippen LogP contribution in [0.2, 0.25) is 0 Å². The molecular formula is C12H16BrNO2. The Bertz CT molecular complexity index is 351. The molecule has 0 aliphatic carbocycles. The van der Waals surface area contributed by atoms with E-state index in [-0.39, 0.29) is 6.10 Å². The molecule has 1 atom stereocenters. The minimum Gasteiger partial charge on any atom is -0.496 e. The van der Waals surface area contributed by atoms with E-state index in [9.17, 15) is 0 Å². The Morgan fingerprint density at radius 1 is 1.56 bits per heavy atom. The van der Waals surface area contributed by atoms with Gasteiger partial charge in [-0.05, 0) is 40.0 Å². The van der Waals surface area contributed by atoms with Crippen molar-refractivity contribution in [1.82, 2.24) is 5.32 Å². The molecular weight excluding hydrogens is 270 g/mol. The second-order valence-corrected chi connectivity index (χ2v) is 4.72. The van der Waals surface area contributed by atoms with Gasteiger partial charge in [-0.15, -0.1) is 0 Å². The van der Waals surface area contributed by atoms with E-state index in [1.165, 1.54) is 5.56 Å². The van der Waals surface area contributed by atoms with Crippen LogP contribution in [-0.2, 0) is 11.2 Å². The van der Waals surface area contributed by atoms with Gasteiger partial charge >= 0.3 is 0 Å². The van der Waals surface area contributed by atoms with Crippen LogP contribution in [0.3, 0.4) is 0 Å². The Morgan fingerprint density at radius 2 is 2.44 bits per heavy atom. The van der Waals surface area contributed by atoms with Crippen molar-refractivity contribution in [2.24, 2.45) is 0 Å². The fourth-order valence-corrected chi connectivity index (χ4v) is 2.44. The number of benzene rings is 1. The van der Waals surface area contributed by atoms with Crippen molar-refractivity contribution in [1.29, 1.82) is 0 Å². The van der Waals surface area contributed by atoms with Crippen LogP contribution >= 0.6 is 15.9 Å². The van der Waals surface area contributed by atoms with Crippen LogP contribution in [0.5, 0.6) is 5.75 Å². The highest BCUT2D eigenvalue weighted by Gasteiger charge is 2.14. The van der Waals surface area contributed by atoms with Crippen molar-refractivity contribution in [3.8, 4) is 5.75 Å². The number of hydrogen-bond acceptors (Lipinski definition) is 3. The quantitative estimate of drug-likeness (QED) is 0.921. The molecule has 0 aromatic heterocycles. The molecule has 1 aliphatic heterocycles. The van der Waals surface area contributed by atoms with Gasteiger partial charge in [0.1, 0.15) is 5.75 Å². The van der Waals surface area contributed by atoms with E-state index >= 15 is 0 Å². The fourth-order valence-electron chi connectivity index (χ4n) is 1.85. The smallest absolute Gasteiger partial charge is 0.133 e. The van der Waals surface area contributed by atoms with Crippen LogP contribution in [0, 0.1) is 0 Å². The molecule has 88 valence electrons. The van der Waals surface area contributed by atoms with Crippen molar-refractivity contribution in [3.63, 3.8) is 0 Å². The maximum absolute atomic E-state index is 5.67. The minimum absolute atomic E-state index is 0.286. The summed E-state index contributed by atoms with van der Waals surface area (Å²) in [6.07, 6.45) is 1.23. The van der Waals surface area contributed by atoms with E-state index in [0.717, 1.165) is 36.3 Å². The average Bonchev–Trinajstić information content (AvgIpc) is 2.31. The highest BCUT2D eigenvalue weighted by atomic mass is 79.9. The molecule has 1 heterocycles. The summed E-state index contributed by atoms with van der Waals surface area (Å²) in [5, 5.41) is 3.33. The molecule has 0 amide bonds. The molecule has 2 rings (SSSR count). The zero-order valence-corrected chi connectivity index (χ0v) is 10.9. The number of hydrogen-bond donors (Lipinski definition) is 1. The van der Waals surface area contributed by atoms with E-state index in [0.29, 0.717) is 0 Å². The summed E-state index contributed by atoms with van der Waals surface area (Å²) < 4.78 is 11.9. The van der Waals surface area contributed by atoms with Gasteiger partial charge in [0.05, 0.1) is 24.3 Å². The highest BCUT2D eigenvalue weighted by molar-refractivity contribution is 9.10. The first-order chi connectivity index (χ1) is 7.79. The summed E-state index contributed by atoms with van der Waals surface area (Å²) in [5.41, 5.74) is 1.27. The van der Waals surface area contributed by atoms with Crippen LogP contribution in [0.15, 0.2) is 22.7 Å². The van der Waals surface area contributed by atoms with Gasteiger partial charge in [-0.3, -0.25) is 0 Å². The third-order valence-electron chi connectivity index (χ3n) is 2.68. The summed E-state index contributed by atoms with van der Waals surface area (Å²) in [6, 6.07) is 6.16. The predicted molar refractivity (Wildman–Crippen MR) is 67.0 cm³/mol. The lowest BCUT2D eigenvalue weighted by Gasteiger charge is -2.23. The highest BCUT2D eigenvalue weighted by Crippen LogP contribution is 2.26. The number of ether oxygens (including phenoxy) is 2. The fraction of sp³-hybridized carbons (Fsp3) is 0.500. The van der Waals surface area contributed by atoms with Gasteiger partial charge in [0, 0.05) is 13.1 Å². The first-order valence-corrected chi connectivity index (χ1v) is 6.23. The Hall–Kier alpha value is -0.580. The lowest BCUT2D eigenvalue weighted by Crippen LogP contribution is -2.39. The topological polar surface area (TPSA) is 30.5 Å². The Morgan fingerprint density at radius 3 is 3.06 bits per heavy atom. The van der Waals surface area contributed by atoms with Gasteiger partial charge in [-0.2, -0.15) is 0 Å². The molecule has 1 fully saturated rings. The Kier molecular flexibility index (Phi) is 4.21. The molecule has 0 saturated carbocycles. The summed E-state index contributed by atoms with van der Waals surface area (Å²) in [4.78, 5) is 0. The third-order valence-corrected chi connectivity index (χ3v) is 3.30. The van der Waals surface area contributed by atoms with E-state index in [2.05, 4.69) is 33.4 Å². The van der Waals surface area contributed by atoms with Gasteiger partial charge in [-0.1, -0.05) is 6.07 Å². The van der Waals surface area contributed by atoms with Crippen molar-refractivity contribution >= 4 is 15.9 Å². The summed E-state index contributed by atoms with van der Waals surface area (Å²) >= 11 is 3.49. The Labute approximate surface area is 104 Å². The normalized spacial score (nSPS) is 20.8. The first kappa shape index (κ1) is 11.9. The monoisotopic (exact) mass is 285 g/mol. The second-order valence-electron chi connectivity index (χ2n) is 3.87. The lowest BCUT2D eigenvalue weighted by atomic mass is 10.1.